The van der Waals surface area contributed by atoms with Crippen LogP contribution in [0.3, 0.4) is 0 Å². The molecule has 3 nitrogen and oxygen atoms in total. The van der Waals surface area contributed by atoms with Gasteiger partial charge in [-0.15, -0.1) is 0 Å². The average molecular weight is 783 g/mol. The van der Waals surface area contributed by atoms with Crippen LogP contribution in [0.25, 0.3) is 33.4 Å². The molecular weight excluding hydrogens is 721 g/mol. The van der Waals surface area contributed by atoms with Crippen LogP contribution in [0.5, 0.6) is 0 Å². The lowest BCUT2D eigenvalue weighted by Gasteiger charge is -2.35. The monoisotopic (exact) mass is 782 g/mol. The third-order valence-corrected chi connectivity index (χ3v) is 13.8. The molecule has 0 saturated heterocycles. The maximum atomic E-state index is 7.11. The Morgan fingerprint density at radius 2 is 0.983 bits per heavy atom. The first-order valence-electron chi connectivity index (χ1n) is 22.2. The van der Waals surface area contributed by atoms with E-state index in [-0.39, 0.29) is 11.0 Å². The van der Waals surface area contributed by atoms with Crippen LogP contribution in [0.2, 0.25) is 0 Å². The number of ether oxygens (including phenoxy) is 3. The Balaban J connectivity index is 1.08. The summed E-state index contributed by atoms with van der Waals surface area (Å²) >= 11 is 0. The minimum absolute atomic E-state index is 0.0906. The molecule has 6 aromatic rings. The first-order valence-corrected chi connectivity index (χ1v) is 22.2. The molecule has 2 aliphatic rings. The summed E-state index contributed by atoms with van der Waals surface area (Å²) in [7, 11) is 0. The summed E-state index contributed by atoms with van der Waals surface area (Å²) in [6, 6.07) is 54.2. The Hall–Kier alpha value is -4.80. The van der Waals surface area contributed by atoms with Gasteiger partial charge in [-0.3, -0.25) is 0 Å². The SMILES string of the molecule is CCCC(C)(CC)OCCOCCOC1(c2ccc(-c3ccc(C4(CCC(C)C(C)C)c5ccccc5-c5ccccc54)cc3)cc2)c2ccccc2-c2ccccc21. The molecule has 0 aliphatic heterocycles. The fraction of sp³-hybridized carbons (Fsp3) is 0.357. The first kappa shape index (κ1) is 41.0. The van der Waals surface area contributed by atoms with Gasteiger partial charge in [0.25, 0.3) is 0 Å². The van der Waals surface area contributed by atoms with Crippen molar-refractivity contribution >= 4 is 0 Å². The van der Waals surface area contributed by atoms with E-state index < -0.39 is 5.60 Å². The van der Waals surface area contributed by atoms with Gasteiger partial charge in [0.05, 0.1) is 32.0 Å². The molecule has 304 valence electrons. The molecule has 0 amide bonds. The maximum Gasteiger partial charge on any atom is 0.145 e. The topological polar surface area (TPSA) is 27.7 Å². The summed E-state index contributed by atoms with van der Waals surface area (Å²) < 4.78 is 19.5. The molecule has 0 fully saturated rings. The molecule has 0 bridgehead atoms. The highest BCUT2D eigenvalue weighted by Crippen LogP contribution is 2.56. The van der Waals surface area contributed by atoms with Crippen molar-refractivity contribution in [2.75, 3.05) is 26.4 Å². The zero-order chi connectivity index (χ0) is 41.0. The lowest BCUT2D eigenvalue weighted by atomic mass is 9.68. The molecule has 0 saturated carbocycles. The van der Waals surface area contributed by atoms with Crippen molar-refractivity contribution in [3.05, 3.63) is 179 Å². The van der Waals surface area contributed by atoms with Crippen molar-refractivity contribution in [3.63, 3.8) is 0 Å². The molecule has 0 aromatic heterocycles. The molecule has 0 spiro atoms. The molecule has 59 heavy (non-hydrogen) atoms. The van der Waals surface area contributed by atoms with Gasteiger partial charge in [0.1, 0.15) is 5.60 Å². The van der Waals surface area contributed by atoms with Crippen molar-refractivity contribution < 1.29 is 14.2 Å². The van der Waals surface area contributed by atoms with Crippen LogP contribution >= 0.6 is 0 Å². The van der Waals surface area contributed by atoms with Crippen LogP contribution in [0.4, 0.5) is 0 Å². The van der Waals surface area contributed by atoms with Gasteiger partial charge < -0.3 is 14.2 Å². The summed E-state index contributed by atoms with van der Waals surface area (Å²) in [5.74, 6) is 1.28. The molecule has 2 atom stereocenters. The van der Waals surface area contributed by atoms with Crippen LogP contribution < -0.4 is 0 Å². The molecule has 0 N–H and O–H groups in total. The zero-order valence-electron chi connectivity index (χ0n) is 36.1. The van der Waals surface area contributed by atoms with E-state index in [0.717, 1.165) is 37.7 Å². The van der Waals surface area contributed by atoms with Gasteiger partial charge >= 0.3 is 0 Å². The maximum absolute atomic E-state index is 7.11. The van der Waals surface area contributed by atoms with E-state index >= 15 is 0 Å². The number of hydrogen-bond donors (Lipinski definition) is 0. The minimum Gasteiger partial charge on any atom is -0.377 e. The molecule has 6 aromatic carbocycles. The van der Waals surface area contributed by atoms with E-state index in [4.69, 9.17) is 14.2 Å². The summed E-state index contributed by atoms with van der Waals surface area (Å²) in [6.45, 7) is 15.8. The summed E-state index contributed by atoms with van der Waals surface area (Å²) in [6.07, 6.45) is 5.41. The number of hydrogen-bond acceptors (Lipinski definition) is 3. The lowest BCUT2D eigenvalue weighted by molar-refractivity contribution is -0.0747. The largest absolute Gasteiger partial charge is 0.377 e. The van der Waals surface area contributed by atoms with E-state index in [1.54, 1.807) is 0 Å². The first-order chi connectivity index (χ1) is 28.8. The summed E-state index contributed by atoms with van der Waals surface area (Å²) in [5.41, 5.74) is 14.3. The van der Waals surface area contributed by atoms with Gasteiger partial charge in [0.15, 0.2) is 0 Å². The van der Waals surface area contributed by atoms with Crippen molar-refractivity contribution in [1.29, 1.82) is 0 Å². The van der Waals surface area contributed by atoms with Gasteiger partial charge in [0.2, 0.25) is 0 Å². The van der Waals surface area contributed by atoms with E-state index in [0.29, 0.717) is 38.3 Å². The standard InChI is InChI=1S/C56H62O3/c1-7-34-54(6,8-2)58-38-36-57-37-39-59-56(52-23-15-11-19-48(52)49-20-12-16-24-53(49)56)45-31-27-43(28-32-45)42-25-29-44(30-26-42)55(35-33-41(5)40(3)4)50-21-13-9-17-46(50)47-18-10-14-22-51(47)55/h9-32,40-41H,7-8,33-39H2,1-6H3. The predicted octanol–water partition coefficient (Wildman–Crippen LogP) is 14.0. The van der Waals surface area contributed by atoms with Crippen LogP contribution in [0.1, 0.15) is 107 Å². The van der Waals surface area contributed by atoms with Gasteiger partial charge in [0, 0.05) is 16.5 Å². The molecule has 2 unspecified atom stereocenters. The summed E-state index contributed by atoms with van der Waals surface area (Å²) in [4.78, 5) is 0. The Morgan fingerprint density at radius 1 is 0.525 bits per heavy atom. The highest BCUT2D eigenvalue weighted by Gasteiger charge is 2.46. The van der Waals surface area contributed by atoms with E-state index in [1.165, 1.54) is 61.2 Å². The highest BCUT2D eigenvalue weighted by atomic mass is 16.6. The highest BCUT2D eigenvalue weighted by molar-refractivity contribution is 5.84. The second kappa shape index (κ2) is 17.4. The summed E-state index contributed by atoms with van der Waals surface area (Å²) in [5, 5.41) is 0. The molecule has 0 heterocycles. The van der Waals surface area contributed by atoms with Gasteiger partial charge in [-0.2, -0.15) is 0 Å². The van der Waals surface area contributed by atoms with Crippen molar-refractivity contribution in [2.45, 2.75) is 90.3 Å². The van der Waals surface area contributed by atoms with E-state index in [9.17, 15) is 0 Å². The van der Waals surface area contributed by atoms with Gasteiger partial charge in [-0.1, -0.05) is 187 Å². The van der Waals surface area contributed by atoms with Gasteiger partial charge in [-0.05, 0) is 100 Å². The zero-order valence-corrected chi connectivity index (χ0v) is 36.1. The third-order valence-electron chi connectivity index (χ3n) is 13.8. The molecule has 3 heteroatoms. The van der Waals surface area contributed by atoms with E-state index in [2.05, 4.69) is 187 Å². The number of benzene rings is 6. The Bertz CT molecular complexity index is 2250. The molecular formula is C56H62O3. The third kappa shape index (κ3) is 7.52. The molecule has 2 aliphatic carbocycles. The van der Waals surface area contributed by atoms with Crippen molar-refractivity contribution in [2.24, 2.45) is 11.8 Å². The quantitative estimate of drug-likeness (QED) is 0.0813. The van der Waals surface area contributed by atoms with Crippen LogP contribution in [0.15, 0.2) is 146 Å². The second-order valence-corrected chi connectivity index (χ2v) is 17.5. The van der Waals surface area contributed by atoms with E-state index in [1.807, 2.05) is 0 Å². The average Bonchev–Trinajstić information content (AvgIpc) is 3.73. The fourth-order valence-electron chi connectivity index (χ4n) is 10.00. The Morgan fingerprint density at radius 3 is 1.47 bits per heavy atom. The van der Waals surface area contributed by atoms with Crippen LogP contribution in [-0.2, 0) is 25.2 Å². The van der Waals surface area contributed by atoms with Gasteiger partial charge in [-0.25, -0.2) is 0 Å². The van der Waals surface area contributed by atoms with Crippen LogP contribution in [-0.4, -0.2) is 32.0 Å². The number of rotatable bonds is 18. The number of fused-ring (bicyclic) bond motifs is 6. The second-order valence-electron chi connectivity index (χ2n) is 17.5. The Labute approximate surface area is 353 Å². The molecule has 8 rings (SSSR count). The van der Waals surface area contributed by atoms with Crippen molar-refractivity contribution in [1.82, 2.24) is 0 Å². The Kier molecular flexibility index (Phi) is 12.1. The van der Waals surface area contributed by atoms with Crippen LogP contribution in [0, 0.1) is 11.8 Å². The lowest BCUT2D eigenvalue weighted by Crippen LogP contribution is -2.32. The molecule has 0 radical (unpaired) electrons. The minimum atomic E-state index is -0.750. The fourth-order valence-corrected chi connectivity index (χ4v) is 10.00. The smallest absolute Gasteiger partial charge is 0.145 e. The predicted molar refractivity (Wildman–Crippen MR) is 245 cm³/mol. The van der Waals surface area contributed by atoms with Crippen molar-refractivity contribution in [3.8, 4) is 33.4 Å². The normalized spacial score (nSPS) is 15.9.